The van der Waals surface area contributed by atoms with Crippen LogP contribution < -0.4 is 10.1 Å². The van der Waals surface area contributed by atoms with E-state index >= 15 is 0 Å². The van der Waals surface area contributed by atoms with Gasteiger partial charge < -0.3 is 14.8 Å². The van der Waals surface area contributed by atoms with Gasteiger partial charge in [0.05, 0.1) is 25.9 Å². The summed E-state index contributed by atoms with van der Waals surface area (Å²) in [7, 11) is 1.62. The van der Waals surface area contributed by atoms with Crippen molar-refractivity contribution in [2.75, 3.05) is 7.11 Å². The third kappa shape index (κ3) is 4.83. The minimum atomic E-state index is -0.111. The highest BCUT2D eigenvalue weighted by Gasteiger charge is 2.14. The molecule has 128 valence electrons. The van der Waals surface area contributed by atoms with Crippen molar-refractivity contribution in [1.82, 2.24) is 5.32 Å². The highest BCUT2D eigenvalue weighted by Crippen LogP contribution is 2.22. The van der Waals surface area contributed by atoms with Gasteiger partial charge in [0.25, 0.3) is 5.91 Å². The summed E-state index contributed by atoms with van der Waals surface area (Å²) in [6.07, 6.45) is 0.116. The Kier molecular flexibility index (Phi) is 6.38. The monoisotopic (exact) mass is 327 g/mol. The summed E-state index contributed by atoms with van der Waals surface area (Å²) < 4.78 is 11.0. The molecule has 0 spiro atoms. The summed E-state index contributed by atoms with van der Waals surface area (Å²) in [4.78, 5) is 12.5. The molecule has 0 aliphatic carbocycles. The number of carbonyl (C=O) groups excluding carboxylic acids is 1. The summed E-state index contributed by atoms with van der Waals surface area (Å²) in [5.41, 5.74) is 2.54. The fourth-order valence-electron chi connectivity index (χ4n) is 2.39. The van der Waals surface area contributed by atoms with Crippen LogP contribution in [0.2, 0.25) is 0 Å². The molecule has 1 atom stereocenters. The predicted molar refractivity (Wildman–Crippen MR) is 95.2 cm³/mol. The van der Waals surface area contributed by atoms with Crippen molar-refractivity contribution in [3.63, 3.8) is 0 Å². The lowest BCUT2D eigenvalue weighted by molar-refractivity contribution is 0.0644. The summed E-state index contributed by atoms with van der Waals surface area (Å²) in [5, 5.41) is 3.02. The van der Waals surface area contributed by atoms with Crippen molar-refractivity contribution in [3.8, 4) is 5.75 Å². The van der Waals surface area contributed by atoms with E-state index < -0.39 is 0 Å². The Morgan fingerprint density at radius 1 is 1.08 bits per heavy atom. The molecule has 0 aromatic heterocycles. The smallest absolute Gasteiger partial charge is 0.251 e. The van der Waals surface area contributed by atoms with E-state index in [1.807, 2.05) is 57.2 Å². The molecule has 1 N–H and O–H groups in total. The van der Waals surface area contributed by atoms with Gasteiger partial charge in [0.1, 0.15) is 5.75 Å². The zero-order valence-electron chi connectivity index (χ0n) is 14.7. The van der Waals surface area contributed by atoms with Gasteiger partial charge in [0, 0.05) is 11.1 Å². The van der Waals surface area contributed by atoms with Crippen molar-refractivity contribution in [2.45, 2.75) is 39.5 Å². The topological polar surface area (TPSA) is 47.6 Å². The molecule has 2 rings (SSSR count). The molecule has 0 bridgehead atoms. The maximum absolute atomic E-state index is 12.5. The third-order valence-electron chi connectivity index (χ3n) is 3.76. The fourth-order valence-corrected chi connectivity index (χ4v) is 2.39. The number of ether oxygens (including phenoxy) is 2. The van der Waals surface area contributed by atoms with Gasteiger partial charge in [0.15, 0.2) is 0 Å². The second kappa shape index (κ2) is 8.50. The van der Waals surface area contributed by atoms with Crippen LogP contribution in [0.1, 0.15) is 48.3 Å². The summed E-state index contributed by atoms with van der Waals surface area (Å²) in [6, 6.07) is 15.2. The first-order chi connectivity index (χ1) is 11.5. The van der Waals surface area contributed by atoms with Crippen molar-refractivity contribution < 1.29 is 14.3 Å². The van der Waals surface area contributed by atoms with E-state index in [2.05, 4.69) is 5.32 Å². The van der Waals surface area contributed by atoms with Crippen LogP contribution in [0.3, 0.4) is 0 Å². The normalized spacial score (nSPS) is 12.0. The van der Waals surface area contributed by atoms with Crippen LogP contribution in [0.5, 0.6) is 5.75 Å². The molecule has 0 unspecified atom stereocenters. The molecular weight excluding hydrogens is 302 g/mol. The standard InChI is InChI=1S/C20H25NO3/c1-14(2)24-13-18-12-17(10-11-19(18)23-4)20(22)21-15(3)16-8-6-5-7-9-16/h5-12,14-15H,13H2,1-4H3,(H,21,22)/t15-/m1/s1. The lowest BCUT2D eigenvalue weighted by Crippen LogP contribution is -2.26. The van der Waals surface area contributed by atoms with Crippen molar-refractivity contribution in [3.05, 3.63) is 65.2 Å². The van der Waals surface area contributed by atoms with Gasteiger partial charge in [-0.05, 0) is 44.5 Å². The minimum Gasteiger partial charge on any atom is -0.496 e. The molecule has 0 saturated heterocycles. The zero-order chi connectivity index (χ0) is 17.5. The number of methoxy groups -OCH3 is 1. The largest absolute Gasteiger partial charge is 0.496 e. The highest BCUT2D eigenvalue weighted by atomic mass is 16.5. The molecule has 4 nitrogen and oxygen atoms in total. The number of hydrogen-bond donors (Lipinski definition) is 1. The first-order valence-corrected chi connectivity index (χ1v) is 8.15. The van der Waals surface area contributed by atoms with Crippen LogP contribution >= 0.6 is 0 Å². The number of carbonyl (C=O) groups is 1. The molecule has 0 saturated carbocycles. The molecule has 24 heavy (non-hydrogen) atoms. The molecule has 4 heteroatoms. The Morgan fingerprint density at radius 3 is 2.42 bits per heavy atom. The molecule has 0 aliphatic rings. The molecule has 0 radical (unpaired) electrons. The van der Waals surface area contributed by atoms with Crippen LogP contribution in [0.25, 0.3) is 0 Å². The van der Waals surface area contributed by atoms with Gasteiger partial charge in [-0.1, -0.05) is 30.3 Å². The van der Waals surface area contributed by atoms with Crippen LogP contribution in [0.15, 0.2) is 48.5 Å². The van der Waals surface area contributed by atoms with Crippen LogP contribution in [0, 0.1) is 0 Å². The molecule has 1 amide bonds. The Bertz CT molecular complexity index is 668. The number of hydrogen-bond acceptors (Lipinski definition) is 3. The van der Waals surface area contributed by atoms with E-state index in [0.717, 1.165) is 16.9 Å². The van der Waals surface area contributed by atoms with Gasteiger partial charge >= 0.3 is 0 Å². The number of rotatable bonds is 7. The third-order valence-corrected chi connectivity index (χ3v) is 3.76. The van der Waals surface area contributed by atoms with Crippen molar-refractivity contribution in [2.24, 2.45) is 0 Å². The van der Waals surface area contributed by atoms with Crippen molar-refractivity contribution >= 4 is 5.91 Å². The first-order valence-electron chi connectivity index (χ1n) is 8.15. The maximum atomic E-state index is 12.5. The van der Waals surface area contributed by atoms with E-state index in [9.17, 15) is 4.79 Å². The van der Waals surface area contributed by atoms with Gasteiger partial charge in [-0.15, -0.1) is 0 Å². The summed E-state index contributed by atoms with van der Waals surface area (Å²) in [6.45, 7) is 6.34. The van der Waals surface area contributed by atoms with Crippen LogP contribution in [0.4, 0.5) is 0 Å². The number of amides is 1. The molecule has 2 aromatic rings. The quantitative estimate of drug-likeness (QED) is 0.832. The highest BCUT2D eigenvalue weighted by molar-refractivity contribution is 5.94. The lowest BCUT2D eigenvalue weighted by Gasteiger charge is -2.16. The molecule has 0 heterocycles. The molecule has 0 aliphatic heterocycles. The SMILES string of the molecule is COc1ccc(C(=O)N[C@H](C)c2ccccc2)cc1COC(C)C. The van der Waals surface area contributed by atoms with E-state index in [1.54, 1.807) is 19.2 Å². The van der Waals surface area contributed by atoms with E-state index in [-0.39, 0.29) is 18.1 Å². The Labute approximate surface area is 143 Å². The summed E-state index contributed by atoms with van der Waals surface area (Å²) >= 11 is 0. The van der Waals surface area contributed by atoms with Crippen LogP contribution in [-0.4, -0.2) is 19.1 Å². The predicted octanol–water partition coefficient (Wildman–Crippen LogP) is 4.11. The van der Waals surface area contributed by atoms with Crippen LogP contribution in [-0.2, 0) is 11.3 Å². The van der Waals surface area contributed by atoms with Gasteiger partial charge in [-0.25, -0.2) is 0 Å². The molecular formula is C20H25NO3. The minimum absolute atomic E-state index is 0.0591. The zero-order valence-corrected chi connectivity index (χ0v) is 14.7. The van der Waals surface area contributed by atoms with Gasteiger partial charge in [0.2, 0.25) is 0 Å². The molecule has 0 fully saturated rings. The van der Waals surface area contributed by atoms with Gasteiger partial charge in [-0.3, -0.25) is 4.79 Å². The van der Waals surface area contributed by atoms with E-state index in [4.69, 9.17) is 9.47 Å². The fraction of sp³-hybridized carbons (Fsp3) is 0.350. The number of nitrogens with one attached hydrogen (secondary N) is 1. The average Bonchev–Trinajstić information content (AvgIpc) is 2.60. The average molecular weight is 327 g/mol. The lowest BCUT2D eigenvalue weighted by atomic mass is 10.1. The van der Waals surface area contributed by atoms with E-state index in [1.165, 1.54) is 0 Å². The van der Waals surface area contributed by atoms with Gasteiger partial charge in [-0.2, -0.15) is 0 Å². The Balaban J connectivity index is 2.12. The Morgan fingerprint density at radius 2 is 1.79 bits per heavy atom. The summed E-state index contributed by atoms with van der Waals surface area (Å²) in [5.74, 6) is 0.614. The molecule has 2 aromatic carbocycles. The first kappa shape index (κ1) is 18.0. The number of benzene rings is 2. The second-order valence-corrected chi connectivity index (χ2v) is 5.99. The Hall–Kier alpha value is -2.33. The van der Waals surface area contributed by atoms with E-state index in [0.29, 0.717) is 12.2 Å². The second-order valence-electron chi connectivity index (χ2n) is 5.99. The maximum Gasteiger partial charge on any atom is 0.251 e. The van der Waals surface area contributed by atoms with Crippen molar-refractivity contribution in [1.29, 1.82) is 0 Å².